The summed E-state index contributed by atoms with van der Waals surface area (Å²) in [7, 11) is 0. The van der Waals surface area contributed by atoms with E-state index in [1.807, 2.05) is 36.4 Å². The normalized spacial score (nSPS) is 12.3. The number of nitrogens with zero attached hydrogens (tertiary/aromatic N) is 7. The average Bonchev–Trinajstić information content (AvgIpc) is 1.61. The third-order valence-corrected chi connectivity index (χ3v) is 21.6. The molecule has 0 bridgehead atoms. The number of rotatable bonds is 8. The molecule has 6 aromatic heterocycles. The maximum atomic E-state index is 15.7. The maximum absolute atomic E-state index is 15.7. The highest BCUT2D eigenvalue weighted by Crippen LogP contribution is 2.49. The van der Waals surface area contributed by atoms with Crippen LogP contribution < -0.4 is 0 Å². The lowest BCUT2D eigenvalue weighted by Crippen LogP contribution is -2.08. The Morgan fingerprint density at radius 1 is 0.262 bits per heavy atom. The first-order valence-corrected chi connectivity index (χ1v) is 34.6. The zero-order valence-corrected chi connectivity index (χ0v) is 55.4. The standard InChI is InChI=1S/C93H56F3N7/c1-56-20-19-29-77(93(94,95)96)92(56)57-38-44-71(91(50-57)103-89-48-42-61(100-82-34-15-7-25-67(82)68-26-8-16-35-83(68)100)54-75(89)76-55-62(43-49-90(76)103)101-84-36-17-9-27-69(84)70-28-10-18-37-85(70)101)72-51-58(97-2)39-45-86(72)102-87-46-40-59(98-78-30-11-3-21-63(78)64-22-4-12-31-79(64)98)52-73(87)74-53-60(41-47-88(74)102)99-80-32-13-5-23-65(80)66-24-6-14-33-81(66)99/h3-55H,1H3. The van der Waals surface area contributed by atoms with E-state index in [0.29, 0.717) is 33.6 Å². The van der Waals surface area contributed by atoms with Gasteiger partial charge in [-0.2, -0.15) is 13.2 Å². The summed E-state index contributed by atoms with van der Waals surface area (Å²) in [6.45, 7) is 10.5. The highest BCUT2D eigenvalue weighted by atomic mass is 19.4. The van der Waals surface area contributed by atoms with Gasteiger partial charge in [-0.3, -0.25) is 0 Å². The average molecular weight is 1330 g/mol. The first-order chi connectivity index (χ1) is 50.6. The van der Waals surface area contributed by atoms with Crippen LogP contribution in [0.4, 0.5) is 18.9 Å². The molecular formula is C93H56F3N7. The third kappa shape index (κ3) is 8.51. The van der Waals surface area contributed by atoms with E-state index in [-0.39, 0.29) is 5.56 Å². The summed E-state index contributed by atoms with van der Waals surface area (Å²) < 4.78 is 61.2. The van der Waals surface area contributed by atoms with Crippen molar-refractivity contribution < 1.29 is 13.2 Å². The molecule has 0 saturated carbocycles. The van der Waals surface area contributed by atoms with Gasteiger partial charge in [-0.15, -0.1) is 0 Å². The van der Waals surface area contributed by atoms with E-state index < -0.39 is 11.7 Å². The molecule has 103 heavy (non-hydrogen) atoms. The minimum Gasteiger partial charge on any atom is -0.309 e. The van der Waals surface area contributed by atoms with Gasteiger partial charge in [0.2, 0.25) is 0 Å². The summed E-state index contributed by atoms with van der Waals surface area (Å²) in [5.41, 5.74) is 19.6. The molecule has 0 fully saturated rings. The van der Waals surface area contributed by atoms with Gasteiger partial charge in [-0.25, -0.2) is 4.85 Å². The molecule has 15 aromatic carbocycles. The number of hydrogen-bond acceptors (Lipinski definition) is 0. The summed E-state index contributed by atoms with van der Waals surface area (Å²) in [4.78, 5) is 4.14. The fraction of sp³-hybridized carbons (Fsp3) is 0.0215. The Morgan fingerprint density at radius 2 is 0.573 bits per heavy atom. The van der Waals surface area contributed by atoms with Crippen molar-refractivity contribution in [3.05, 3.63) is 344 Å². The molecule has 0 N–H and O–H groups in total. The van der Waals surface area contributed by atoms with Crippen molar-refractivity contribution in [3.63, 3.8) is 0 Å². The zero-order valence-electron chi connectivity index (χ0n) is 55.4. The van der Waals surface area contributed by atoms with Gasteiger partial charge in [0, 0.05) is 92.9 Å². The van der Waals surface area contributed by atoms with E-state index in [9.17, 15) is 0 Å². The van der Waals surface area contributed by atoms with Gasteiger partial charge in [0.15, 0.2) is 5.69 Å². The van der Waals surface area contributed by atoms with Crippen molar-refractivity contribution in [1.82, 2.24) is 27.4 Å². The number of benzene rings is 15. The molecule has 484 valence electrons. The van der Waals surface area contributed by atoms with Crippen molar-refractivity contribution in [2.75, 3.05) is 0 Å². The molecule has 10 heteroatoms. The van der Waals surface area contributed by atoms with Gasteiger partial charge in [-0.05, 0) is 175 Å². The second-order valence-electron chi connectivity index (χ2n) is 27.0. The summed E-state index contributed by atoms with van der Waals surface area (Å²) in [5, 5.41) is 13.1. The van der Waals surface area contributed by atoms with Crippen molar-refractivity contribution >= 4 is 137 Å². The first kappa shape index (κ1) is 58.4. The van der Waals surface area contributed by atoms with Crippen LogP contribution in [0.2, 0.25) is 0 Å². The Balaban J connectivity index is 0.868. The quantitative estimate of drug-likeness (QED) is 0.136. The van der Waals surface area contributed by atoms with E-state index >= 15 is 13.2 Å². The van der Waals surface area contributed by atoms with Crippen molar-refractivity contribution in [2.45, 2.75) is 13.1 Å². The summed E-state index contributed by atoms with van der Waals surface area (Å²) >= 11 is 0. The van der Waals surface area contributed by atoms with E-state index in [1.54, 1.807) is 13.0 Å². The number of aryl methyl sites for hydroxylation is 1. The smallest absolute Gasteiger partial charge is 0.309 e. The highest BCUT2D eigenvalue weighted by molar-refractivity contribution is 6.17. The van der Waals surface area contributed by atoms with E-state index in [4.69, 9.17) is 6.57 Å². The minimum atomic E-state index is -4.67. The summed E-state index contributed by atoms with van der Waals surface area (Å²) in [6.07, 6.45) is -4.67. The van der Waals surface area contributed by atoms with Crippen molar-refractivity contribution in [3.8, 4) is 56.4 Å². The molecule has 0 amide bonds. The second kappa shape index (κ2) is 21.9. The number of fused-ring (bicyclic) bond motifs is 18. The fourth-order valence-electron chi connectivity index (χ4n) is 17.3. The molecule has 7 nitrogen and oxygen atoms in total. The number of hydrogen-bond donors (Lipinski definition) is 0. The molecule has 21 aromatic rings. The van der Waals surface area contributed by atoms with E-state index in [1.165, 1.54) is 12.1 Å². The van der Waals surface area contributed by atoms with Crippen LogP contribution in [0.3, 0.4) is 0 Å². The molecule has 0 aliphatic heterocycles. The number of halogens is 3. The largest absolute Gasteiger partial charge is 0.417 e. The topological polar surface area (TPSA) is 33.9 Å². The molecule has 0 aliphatic rings. The Bertz CT molecular complexity index is 6720. The monoisotopic (exact) mass is 1330 g/mol. The number of para-hydroxylation sites is 8. The van der Waals surface area contributed by atoms with Crippen LogP contribution in [-0.2, 0) is 6.18 Å². The molecular weight excluding hydrogens is 1270 g/mol. The summed E-state index contributed by atoms with van der Waals surface area (Å²) in [6, 6.07) is 111. The lowest BCUT2D eigenvalue weighted by molar-refractivity contribution is -0.137. The second-order valence-corrected chi connectivity index (χ2v) is 27.0. The lowest BCUT2D eigenvalue weighted by Gasteiger charge is -2.22. The SMILES string of the molecule is [C-]#[N+]c1ccc(-n2c3ccc(-n4c5ccccc5c5ccccc54)cc3c3cc(-n4c5ccccc5c5ccccc54)ccc32)c(-c2ccc(-c3c(C)cccc3C(F)(F)F)cc2-n2c3ccc(-n4c5ccccc5c5ccccc54)cc3c3cc(-n4c5ccccc5c5ccccc54)ccc32)c1. The maximum Gasteiger partial charge on any atom is 0.417 e. The van der Waals surface area contributed by atoms with Gasteiger partial charge in [-0.1, -0.05) is 176 Å². The van der Waals surface area contributed by atoms with Crippen molar-refractivity contribution in [2.24, 2.45) is 0 Å². The minimum absolute atomic E-state index is 0.0986. The predicted octanol–water partition coefficient (Wildman–Crippen LogP) is 25.5. The van der Waals surface area contributed by atoms with Crippen LogP contribution >= 0.6 is 0 Å². The van der Waals surface area contributed by atoms with Crippen LogP contribution in [0.25, 0.3) is 192 Å². The van der Waals surface area contributed by atoms with Gasteiger partial charge in [0.05, 0.1) is 89.7 Å². The lowest BCUT2D eigenvalue weighted by atomic mass is 9.91. The van der Waals surface area contributed by atoms with Crippen LogP contribution in [0.1, 0.15) is 11.1 Å². The molecule has 0 spiro atoms. The van der Waals surface area contributed by atoms with Crippen LogP contribution in [0.5, 0.6) is 0 Å². The number of aromatic nitrogens is 6. The van der Waals surface area contributed by atoms with Crippen LogP contribution in [-0.4, -0.2) is 27.4 Å². The van der Waals surface area contributed by atoms with Crippen LogP contribution in [0.15, 0.2) is 322 Å². The van der Waals surface area contributed by atoms with E-state index in [0.717, 1.165) is 159 Å². The van der Waals surface area contributed by atoms with Crippen molar-refractivity contribution in [1.29, 1.82) is 0 Å². The van der Waals surface area contributed by atoms with Gasteiger partial charge >= 0.3 is 6.18 Å². The molecule has 0 aliphatic carbocycles. The Labute approximate surface area is 587 Å². The molecule has 0 radical (unpaired) electrons. The Morgan fingerprint density at radius 3 is 0.893 bits per heavy atom. The molecule has 0 atom stereocenters. The van der Waals surface area contributed by atoms with Gasteiger partial charge in [0.1, 0.15) is 0 Å². The highest BCUT2D eigenvalue weighted by Gasteiger charge is 2.35. The van der Waals surface area contributed by atoms with E-state index in [2.05, 4.69) is 299 Å². The molecule has 6 heterocycles. The van der Waals surface area contributed by atoms with Crippen LogP contribution in [0, 0.1) is 13.5 Å². The predicted molar refractivity (Wildman–Crippen MR) is 419 cm³/mol. The van der Waals surface area contributed by atoms with Gasteiger partial charge in [0.25, 0.3) is 0 Å². The fourth-order valence-corrected chi connectivity index (χ4v) is 17.3. The Hall–Kier alpha value is -13.6. The third-order valence-electron chi connectivity index (χ3n) is 21.6. The first-order valence-electron chi connectivity index (χ1n) is 34.6. The van der Waals surface area contributed by atoms with Gasteiger partial charge < -0.3 is 27.4 Å². The zero-order chi connectivity index (χ0) is 68.5. The number of alkyl halides is 3. The molecule has 0 unspecified atom stereocenters. The summed E-state index contributed by atoms with van der Waals surface area (Å²) in [5.74, 6) is 0. The molecule has 21 rings (SSSR count). The Kier molecular flexibility index (Phi) is 12.4. The molecule has 0 saturated heterocycles.